The number of rotatable bonds is 1. The second kappa shape index (κ2) is 4.94. The van der Waals surface area contributed by atoms with Crippen molar-refractivity contribution in [2.45, 2.75) is 57.4 Å². The third kappa shape index (κ3) is 1.67. The normalized spacial score (nSPS) is 35.2. The van der Waals surface area contributed by atoms with Crippen molar-refractivity contribution in [3.05, 3.63) is 41.6 Å². The highest BCUT2D eigenvalue weighted by Crippen LogP contribution is 2.65. The van der Waals surface area contributed by atoms with Gasteiger partial charge in [0.2, 0.25) is 5.91 Å². The van der Waals surface area contributed by atoms with Gasteiger partial charge in [-0.3, -0.25) is 9.69 Å². The van der Waals surface area contributed by atoms with E-state index >= 15 is 0 Å². The van der Waals surface area contributed by atoms with E-state index in [-0.39, 0.29) is 16.7 Å². The molecule has 130 valence electrons. The minimum absolute atomic E-state index is 0.0684. The predicted molar refractivity (Wildman–Crippen MR) is 104 cm³/mol. The summed E-state index contributed by atoms with van der Waals surface area (Å²) in [6, 6.07) is 8.94. The van der Waals surface area contributed by atoms with E-state index in [1.807, 2.05) is 4.90 Å². The van der Waals surface area contributed by atoms with Crippen LogP contribution in [0, 0.1) is 5.41 Å². The van der Waals surface area contributed by atoms with Gasteiger partial charge >= 0.3 is 0 Å². The summed E-state index contributed by atoms with van der Waals surface area (Å²) in [6.45, 7) is 5.04. The van der Waals surface area contributed by atoms with Crippen LogP contribution < -0.4 is 4.90 Å². The van der Waals surface area contributed by atoms with Crippen LogP contribution in [0.15, 0.2) is 36.0 Å². The topological polar surface area (TPSA) is 23.6 Å². The number of hydrogen-bond acceptors (Lipinski definition) is 2. The van der Waals surface area contributed by atoms with Gasteiger partial charge in [-0.2, -0.15) is 0 Å². The molecule has 5 rings (SSSR count). The first-order valence-electron chi connectivity index (χ1n) is 9.45. The number of anilines is 1. The Morgan fingerprint density at radius 1 is 1.32 bits per heavy atom. The Kier molecular flexibility index (Phi) is 3.08. The van der Waals surface area contributed by atoms with E-state index in [2.05, 4.69) is 42.2 Å². The Labute approximate surface area is 154 Å². The van der Waals surface area contributed by atoms with Crippen molar-refractivity contribution in [2.75, 3.05) is 11.4 Å². The van der Waals surface area contributed by atoms with E-state index in [0.717, 1.165) is 36.5 Å². The summed E-state index contributed by atoms with van der Waals surface area (Å²) < 4.78 is 0. The Morgan fingerprint density at radius 2 is 2.12 bits per heavy atom. The molecule has 25 heavy (non-hydrogen) atoms. The van der Waals surface area contributed by atoms with Crippen LogP contribution in [0.4, 0.5) is 5.69 Å². The maximum Gasteiger partial charge on any atom is 0.228 e. The van der Waals surface area contributed by atoms with Gasteiger partial charge in [-0.05, 0) is 49.1 Å². The van der Waals surface area contributed by atoms with Gasteiger partial charge in [0.25, 0.3) is 0 Å². The summed E-state index contributed by atoms with van der Waals surface area (Å²) in [7, 11) is 0. The van der Waals surface area contributed by atoms with Crippen LogP contribution in [-0.2, 0) is 10.2 Å². The van der Waals surface area contributed by atoms with Crippen molar-refractivity contribution in [3.8, 4) is 0 Å². The van der Waals surface area contributed by atoms with E-state index in [0.29, 0.717) is 6.04 Å². The first-order chi connectivity index (χ1) is 12.0. The number of carbonyl (C=O) groups is 1. The molecule has 3 atom stereocenters. The van der Waals surface area contributed by atoms with E-state index in [1.165, 1.54) is 24.1 Å². The molecule has 0 unspecified atom stereocenters. The number of thiocarbonyl (C=S) groups is 1. The molecule has 3 heterocycles. The first kappa shape index (κ1) is 15.6. The smallest absolute Gasteiger partial charge is 0.228 e. The van der Waals surface area contributed by atoms with Gasteiger partial charge in [-0.1, -0.05) is 43.4 Å². The van der Waals surface area contributed by atoms with Crippen molar-refractivity contribution < 1.29 is 4.79 Å². The van der Waals surface area contributed by atoms with Crippen molar-refractivity contribution in [3.63, 3.8) is 0 Å². The molecule has 0 saturated carbocycles. The highest BCUT2D eigenvalue weighted by Gasteiger charge is 2.66. The van der Waals surface area contributed by atoms with E-state index in [9.17, 15) is 4.79 Å². The van der Waals surface area contributed by atoms with Crippen LogP contribution in [0.1, 0.15) is 51.5 Å². The molecule has 0 bridgehead atoms. The van der Waals surface area contributed by atoms with Gasteiger partial charge in [0, 0.05) is 19.2 Å². The van der Waals surface area contributed by atoms with E-state index in [4.69, 9.17) is 12.2 Å². The summed E-state index contributed by atoms with van der Waals surface area (Å²) in [5.41, 5.74) is 3.86. The van der Waals surface area contributed by atoms with Crippen LogP contribution >= 0.6 is 12.2 Å². The maximum atomic E-state index is 12.6. The number of amides is 1. The molecule has 1 aliphatic carbocycles. The van der Waals surface area contributed by atoms with Gasteiger partial charge < -0.3 is 4.90 Å². The summed E-state index contributed by atoms with van der Waals surface area (Å²) in [4.78, 5) is 18.2. The highest BCUT2D eigenvalue weighted by molar-refractivity contribution is 7.80. The lowest BCUT2D eigenvalue weighted by Gasteiger charge is -2.55. The van der Waals surface area contributed by atoms with Gasteiger partial charge in [0.1, 0.15) is 0 Å². The highest BCUT2D eigenvalue weighted by atomic mass is 32.1. The lowest BCUT2D eigenvalue weighted by molar-refractivity contribution is -0.116. The molecular weight excluding hydrogens is 328 g/mol. The first-order valence-corrected chi connectivity index (χ1v) is 9.86. The molecule has 3 aliphatic heterocycles. The number of piperidine rings is 1. The molecule has 1 aromatic rings. The van der Waals surface area contributed by atoms with Gasteiger partial charge in [-0.15, -0.1) is 0 Å². The quantitative estimate of drug-likeness (QED) is 0.709. The van der Waals surface area contributed by atoms with Crippen molar-refractivity contribution in [1.82, 2.24) is 4.90 Å². The zero-order valence-electron chi connectivity index (χ0n) is 14.9. The molecule has 4 heteroatoms. The number of carbonyl (C=O) groups excluding carboxylic acids is 1. The molecule has 4 aliphatic rings. The Morgan fingerprint density at radius 3 is 2.88 bits per heavy atom. The van der Waals surface area contributed by atoms with Crippen molar-refractivity contribution in [2.24, 2.45) is 5.41 Å². The molecular formula is C21H24N2OS. The molecule has 2 fully saturated rings. The summed E-state index contributed by atoms with van der Waals surface area (Å²) in [5, 5.41) is 0. The van der Waals surface area contributed by atoms with Crippen LogP contribution in [0.3, 0.4) is 0 Å². The number of benzene rings is 1. The van der Waals surface area contributed by atoms with Crippen LogP contribution in [-0.4, -0.2) is 28.4 Å². The fraction of sp³-hybridized carbons (Fsp3) is 0.524. The lowest BCUT2D eigenvalue weighted by Crippen LogP contribution is -2.60. The Balaban J connectivity index is 1.81. The van der Waals surface area contributed by atoms with Gasteiger partial charge in [0.15, 0.2) is 0 Å². The zero-order valence-corrected chi connectivity index (χ0v) is 15.7. The second-order valence-corrected chi connectivity index (χ2v) is 8.56. The second-order valence-electron chi connectivity index (χ2n) is 8.09. The van der Waals surface area contributed by atoms with Crippen LogP contribution in [0.5, 0.6) is 0 Å². The minimum atomic E-state index is -0.0684. The zero-order chi connectivity index (χ0) is 17.4. The van der Waals surface area contributed by atoms with E-state index < -0.39 is 0 Å². The number of hydrogen-bond donors (Lipinski definition) is 0. The minimum Gasteiger partial charge on any atom is -0.361 e. The fourth-order valence-corrected chi connectivity index (χ4v) is 6.59. The number of allylic oxidation sites excluding steroid dienone is 1. The molecule has 0 radical (unpaired) electrons. The average Bonchev–Trinajstić information content (AvgIpc) is 3.16. The summed E-state index contributed by atoms with van der Waals surface area (Å²) in [5.74, 6) is 0.122. The maximum absolute atomic E-state index is 12.6. The largest absolute Gasteiger partial charge is 0.361 e. The monoisotopic (exact) mass is 352 g/mol. The predicted octanol–water partition coefficient (Wildman–Crippen LogP) is 4.17. The summed E-state index contributed by atoms with van der Waals surface area (Å²) >= 11 is 5.78. The fourth-order valence-electron chi connectivity index (χ4n) is 6.29. The van der Waals surface area contributed by atoms with Crippen LogP contribution in [0.2, 0.25) is 0 Å². The molecule has 1 spiro atoms. The number of para-hydroxylation sites is 1. The van der Waals surface area contributed by atoms with Crippen molar-refractivity contribution >= 4 is 28.8 Å². The van der Waals surface area contributed by atoms with Crippen LogP contribution in [0.25, 0.3) is 0 Å². The molecule has 1 aromatic carbocycles. The van der Waals surface area contributed by atoms with Gasteiger partial charge in [0.05, 0.1) is 22.1 Å². The lowest BCUT2D eigenvalue weighted by atomic mass is 9.55. The SMILES string of the molecule is CC[C@]12CC=C3N(C(C)=O)c4ccccc4[C@]34CCN(C(=S)CC1)[C@H]24. The molecule has 3 nitrogen and oxygen atoms in total. The Hall–Kier alpha value is -1.68. The Bertz CT molecular complexity index is 831. The summed E-state index contributed by atoms with van der Waals surface area (Å²) in [6.07, 6.45) is 7.90. The third-order valence-corrected chi connectivity index (χ3v) is 7.75. The van der Waals surface area contributed by atoms with Gasteiger partial charge in [-0.25, -0.2) is 0 Å². The number of nitrogens with zero attached hydrogens (tertiary/aromatic N) is 2. The third-order valence-electron chi connectivity index (χ3n) is 7.31. The number of fused-ring (bicyclic) bond motifs is 1. The standard InChI is InChI=1S/C21H24N2OS/c1-3-20-10-8-17-21(12-13-22(19(20)21)18(25)9-11-20)15-6-4-5-7-16(15)23(17)14(2)24/h4-8,19H,3,9-13H2,1-2H3/t19-,20+,21-/m1/s1. The molecule has 1 amide bonds. The molecule has 0 N–H and O–H groups in total. The average molecular weight is 353 g/mol. The molecule has 2 saturated heterocycles. The van der Waals surface area contributed by atoms with E-state index in [1.54, 1.807) is 6.92 Å². The van der Waals surface area contributed by atoms with Crippen molar-refractivity contribution in [1.29, 1.82) is 0 Å². The molecule has 0 aromatic heterocycles.